The van der Waals surface area contributed by atoms with Crippen molar-refractivity contribution < 1.29 is 19.1 Å². The molecule has 0 bridgehead atoms. The molecular weight excluding hydrogens is 528 g/mol. The van der Waals surface area contributed by atoms with Crippen LogP contribution in [0.25, 0.3) is 0 Å². The lowest BCUT2D eigenvalue weighted by atomic mass is 10.1. The molecule has 8 nitrogen and oxygen atoms in total. The number of carbonyl (C=O) groups is 3. The SMILES string of the molecule is COC(=O)c1ccc(CSc2nnc(NC(=O)[C@@H](CCSC)NC(=O)c3ccccc3Cl)s2)cc1. The molecule has 1 aromatic heterocycles. The Balaban J connectivity index is 1.58. The molecule has 0 aliphatic rings. The molecule has 184 valence electrons. The summed E-state index contributed by atoms with van der Waals surface area (Å²) in [6, 6.07) is 13.0. The van der Waals surface area contributed by atoms with Crippen LogP contribution in [0.2, 0.25) is 5.02 Å². The second kappa shape index (κ2) is 13.5. The van der Waals surface area contributed by atoms with Crippen LogP contribution in [0.15, 0.2) is 52.9 Å². The molecule has 2 amide bonds. The molecule has 3 aromatic rings. The number of anilines is 1. The van der Waals surface area contributed by atoms with Gasteiger partial charge in [-0.15, -0.1) is 10.2 Å². The molecular formula is C23H23ClN4O4S3. The number of rotatable bonds is 11. The zero-order valence-corrected chi connectivity index (χ0v) is 22.2. The highest BCUT2D eigenvalue weighted by Crippen LogP contribution is 2.28. The lowest BCUT2D eigenvalue weighted by molar-refractivity contribution is -0.118. The monoisotopic (exact) mass is 550 g/mol. The van der Waals surface area contributed by atoms with E-state index in [2.05, 4.69) is 20.8 Å². The average Bonchev–Trinajstić information content (AvgIpc) is 3.32. The maximum Gasteiger partial charge on any atom is 0.337 e. The van der Waals surface area contributed by atoms with Crippen LogP contribution >= 0.6 is 46.5 Å². The van der Waals surface area contributed by atoms with Crippen LogP contribution in [0.1, 0.15) is 32.7 Å². The number of hydrogen-bond donors (Lipinski definition) is 2. The van der Waals surface area contributed by atoms with Crippen LogP contribution in [0.3, 0.4) is 0 Å². The predicted octanol–water partition coefficient (Wildman–Crippen LogP) is 4.76. The number of aromatic nitrogens is 2. The first-order chi connectivity index (χ1) is 16.9. The first kappa shape index (κ1) is 27.0. The quantitative estimate of drug-likeness (QED) is 0.200. The van der Waals surface area contributed by atoms with E-state index in [-0.39, 0.29) is 11.9 Å². The summed E-state index contributed by atoms with van der Waals surface area (Å²) in [4.78, 5) is 37.1. The fourth-order valence-corrected chi connectivity index (χ4v) is 5.30. The maximum absolute atomic E-state index is 12.9. The Morgan fingerprint density at radius 2 is 1.86 bits per heavy atom. The van der Waals surface area contributed by atoms with Crippen molar-refractivity contribution in [1.82, 2.24) is 15.5 Å². The topological polar surface area (TPSA) is 110 Å². The molecule has 0 spiro atoms. The van der Waals surface area contributed by atoms with Gasteiger partial charge in [-0.1, -0.05) is 59.0 Å². The molecule has 0 unspecified atom stereocenters. The molecule has 3 rings (SSSR count). The number of amides is 2. The molecule has 2 aromatic carbocycles. The first-order valence-corrected chi connectivity index (χ1v) is 14.0. The van der Waals surface area contributed by atoms with E-state index in [1.54, 1.807) is 48.2 Å². The number of methoxy groups -OCH3 is 1. The third-order valence-corrected chi connectivity index (χ3v) is 7.74. The van der Waals surface area contributed by atoms with Crippen molar-refractivity contribution in [3.8, 4) is 0 Å². The minimum absolute atomic E-state index is 0.310. The summed E-state index contributed by atoms with van der Waals surface area (Å²) in [5.74, 6) is 0.142. The Kier molecular flexibility index (Phi) is 10.4. The third kappa shape index (κ3) is 7.96. The number of esters is 1. The van der Waals surface area contributed by atoms with Crippen molar-refractivity contribution in [3.05, 3.63) is 70.2 Å². The van der Waals surface area contributed by atoms with Gasteiger partial charge in [-0.25, -0.2) is 4.79 Å². The van der Waals surface area contributed by atoms with E-state index < -0.39 is 11.9 Å². The minimum Gasteiger partial charge on any atom is -0.465 e. The normalized spacial score (nSPS) is 11.5. The highest BCUT2D eigenvalue weighted by atomic mass is 35.5. The van der Waals surface area contributed by atoms with Crippen molar-refractivity contribution in [1.29, 1.82) is 0 Å². The summed E-state index contributed by atoms with van der Waals surface area (Å²) in [6.07, 6.45) is 2.38. The molecule has 12 heteroatoms. The van der Waals surface area contributed by atoms with Gasteiger partial charge in [0.05, 0.1) is 23.3 Å². The van der Waals surface area contributed by atoms with E-state index in [4.69, 9.17) is 16.3 Å². The Bertz CT molecular complexity index is 1170. The summed E-state index contributed by atoms with van der Waals surface area (Å²) in [5, 5.41) is 14.4. The number of nitrogens with zero attached hydrogens (tertiary/aromatic N) is 2. The summed E-state index contributed by atoms with van der Waals surface area (Å²) in [7, 11) is 1.34. The van der Waals surface area contributed by atoms with Gasteiger partial charge in [0.15, 0.2) is 4.34 Å². The molecule has 1 heterocycles. The van der Waals surface area contributed by atoms with Gasteiger partial charge in [0, 0.05) is 5.75 Å². The zero-order valence-electron chi connectivity index (χ0n) is 18.9. The summed E-state index contributed by atoms with van der Waals surface area (Å²) in [5.41, 5.74) is 1.80. The highest BCUT2D eigenvalue weighted by Gasteiger charge is 2.23. The molecule has 0 radical (unpaired) electrons. The van der Waals surface area contributed by atoms with Crippen molar-refractivity contribution in [2.75, 3.05) is 24.4 Å². The van der Waals surface area contributed by atoms with Crippen molar-refractivity contribution in [2.45, 2.75) is 22.6 Å². The van der Waals surface area contributed by atoms with Crippen LogP contribution in [0.4, 0.5) is 5.13 Å². The predicted molar refractivity (Wildman–Crippen MR) is 142 cm³/mol. The zero-order chi connectivity index (χ0) is 25.2. The van der Waals surface area contributed by atoms with Gasteiger partial charge in [-0.2, -0.15) is 11.8 Å². The number of benzene rings is 2. The second-order valence-electron chi connectivity index (χ2n) is 7.13. The Morgan fingerprint density at radius 1 is 1.11 bits per heavy atom. The van der Waals surface area contributed by atoms with Crippen LogP contribution in [0, 0.1) is 0 Å². The van der Waals surface area contributed by atoms with Crippen LogP contribution in [-0.2, 0) is 15.3 Å². The lowest BCUT2D eigenvalue weighted by Crippen LogP contribution is -2.44. The lowest BCUT2D eigenvalue weighted by Gasteiger charge is -2.17. The van der Waals surface area contributed by atoms with E-state index in [1.165, 1.54) is 30.2 Å². The molecule has 0 saturated carbocycles. The number of nitrogens with one attached hydrogen (secondary N) is 2. The van der Waals surface area contributed by atoms with Gasteiger partial charge >= 0.3 is 5.97 Å². The fraction of sp³-hybridized carbons (Fsp3) is 0.261. The molecule has 0 aliphatic heterocycles. The van der Waals surface area contributed by atoms with Crippen LogP contribution < -0.4 is 10.6 Å². The van der Waals surface area contributed by atoms with Gasteiger partial charge < -0.3 is 10.1 Å². The second-order valence-corrected chi connectivity index (χ2v) is 10.7. The Labute approximate surface area is 220 Å². The molecule has 0 saturated heterocycles. The van der Waals surface area contributed by atoms with Gasteiger partial charge in [-0.05, 0) is 48.3 Å². The average molecular weight is 551 g/mol. The van der Waals surface area contributed by atoms with Crippen LogP contribution in [-0.4, -0.2) is 53.1 Å². The molecule has 0 fully saturated rings. The van der Waals surface area contributed by atoms with Crippen LogP contribution in [0.5, 0.6) is 0 Å². The Hall–Kier alpha value is -2.60. The molecule has 35 heavy (non-hydrogen) atoms. The number of halogens is 1. The van der Waals surface area contributed by atoms with Gasteiger partial charge in [0.25, 0.3) is 5.91 Å². The smallest absolute Gasteiger partial charge is 0.337 e. The number of thioether (sulfide) groups is 2. The third-order valence-electron chi connectivity index (χ3n) is 4.72. The number of ether oxygens (including phenoxy) is 1. The van der Waals surface area contributed by atoms with Gasteiger partial charge in [0.2, 0.25) is 11.0 Å². The molecule has 2 N–H and O–H groups in total. The first-order valence-electron chi connectivity index (χ1n) is 10.4. The fourth-order valence-electron chi connectivity index (χ4n) is 2.90. The summed E-state index contributed by atoms with van der Waals surface area (Å²) in [6.45, 7) is 0. The van der Waals surface area contributed by atoms with Gasteiger partial charge in [0.1, 0.15) is 6.04 Å². The molecule has 0 aliphatic carbocycles. The van der Waals surface area contributed by atoms with E-state index in [0.717, 1.165) is 5.56 Å². The summed E-state index contributed by atoms with van der Waals surface area (Å²) >= 11 is 10.4. The number of carbonyl (C=O) groups excluding carboxylic acids is 3. The Morgan fingerprint density at radius 3 is 2.54 bits per heavy atom. The van der Waals surface area contributed by atoms with Crippen molar-refractivity contribution >= 4 is 69.4 Å². The standard InChI is InChI=1S/C23H23ClN4O4S3/c1-32-21(31)15-9-7-14(8-10-15)13-34-23-28-27-22(35-23)26-20(30)18(11-12-33-2)25-19(29)16-5-3-4-6-17(16)24/h3-10,18H,11-13H2,1-2H3,(H,25,29)(H,26,27,30)/t18-/m1/s1. The maximum atomic E-state index is 12.9. The largest absolute Gasteiger partial charge is 0.465 e. The van der Waals surface area contributed by atoms with Crippen molar-refractivity contribution in [3.63, 3.8) is 0 Å². The molecule has 1 atom stereocenters. The highest BCUT2D eigenvalue weighted by molar-refractivity contribution is 8.00. The van der Waals surface area contributed by atoms with Crippen molar-refractivity contribution in [2.24, 2.45) is 0 Å². The minimum atomic E-state index is -0.750. The van der Waals surface area contributed by atoms with E-state index in [9.17, 15) is 14.4 Å². The van der Waals surface area contributed by atoms with E-state index in [0.29, 0.717) is 43.5 Å². The van der Waals surface area contributed by atoms with Gasteiger partial charge in [-0.3, -0.25) is 14.9 Å². The van der Waals surface area contributed by atoms with E-state index >= 15 is 0 Å². The number of hydrogen-bond acceptors (Lipinski definition) is 9. The van der Waals surface area contributed by atoms with E-state index in [1.807, 2.05) is 18.4 Å². The summed E-state index contributed by atoms with van der Waals surface area (Å²) < 4.78 is 5.38.